The van der Waals surface area contributed by atoms with Gasteiger partial charge in [0.25, 0.3) is 0 Å². The van der Waals surface area contributed by atoms with Gasteiger partial charge in [0, 0.05) is 23.6 Å². The lowest BCUT2D eigenvalue weighted by Gasteiger charge is -2.23. The first-order valence-electron chi connectivity index (χ1n) is 5.69. The van der Waals surface area contributed by atoms with Crippen molar-refractivity contribution < 1.29 is 4.39 Å². The molecule has 1 heterocycles. The van der Waals surface area contributed by atoms with E-state index in [1.165, 1.54) is 12.5 Å². The number of nitrogens with two attached hydrogens (primary N) is 1. The molecule has 0 aromatic heterocycles. The summed E-state index contributed by atoms with van der Waals surface area (Å²) in [6, 6.07) is 3.81. The Labute approximate surface area is 118 Å². The Morgan fingerprint density at radius 1 is 1.35 bits per heavy atom. The molecule has 5 heteroatoms. The van der Waals surface area contributed by atoms with E-state index in [-0.39, 0.29) is 5.82 Å². The van der Waals surface area contributed by atoms with Crippen molar-refractivity contribution in [2.75, 3.05) is 13.1 Å². The molecule has 2 nitrogen and oxygen atoms in total. The molecule has 1 saturated heterocycles. The van der Waals surface area contributed by atoms with Crippen LogP contribution in [0.15, 0.2) is 21.1 Å². The van der Waals surface area contributed by atoms with Crippen molar-refractivity contribution >= 4 is 31.9 Å². The van der Waals surface area contributed by atoms with Crippen molar-refractivity contribution in [3.05, 3.63) is 32.5 Å². The Balaban J connectivity index is 2.15. The molecule has 0 aliphatic carbocycles. The summed E-state index contributed by atoms with van der Waals surface area (Å²) >= 11 is 6.63. The van der Waals surface area contributed by atoms with Gasteiger partial charge in [-0.2, -0.15) is 0 Å². The lowest BCUT2D eigenvalue weighted by atomic mass is 10.2. The summed E-state index contributed by atoms with van der Waals surface area (Å²) < 4.78 is 14.6. The molecule has 0 saturated carbocycles. The largest absolute Gasteiger partial charge is 0.329 e. The van der Waals surface area contributed by atoms with E-state index in [1.807, 2.05) is 6.07 Å². The summed E-state index contributed by atoms with van der Waals surface area (Å²) in [6.07, 6.45) is 2.36. The van der Waals surface area contributed by atoms with Crippen LogP contribution in [0, 0.1) is 5.82 Å². The van der Waals surface area contributed by atoms with E-state index < -0.39 is 0 Å². The maximum Gasteiger partial charge on any atom is 0.138 e. The van der Waals surface area contributed by atoms with Crippen molar-refractivity contribution in [1.29, 1.82) is 0 Å². The average molecular weight is 366 g/mol. The molecule has 17 heavy (non-hydrogen) atoms. The first-order chi connectivity index (χ1) is 8.11. The van der Waals surface area contributed by atoms with Gasteiger partial charge in [-0.05, 0) is 53.0 Å². The van der Waals surface area contributed by atoms with Crippen LogP contribution in [-0.4, -0.2) is 24.0 Å². The molecule has 1 fully saturated rings. The van der Waals surface area contributed by atoms with Crippen molar-refractivity contribution in [3.8, 4) is 0 Å². The van der Waals surface area contributed by atoms with E-state index in [2.05, 4.69) is 36.8 Å². The number of rotatable bonds is 3. The maximum absolute atomic E-state index is 13.3. The third-order valence-electron chi connectivity index (χ3n) is 3.23. The van der Waals surface area contributed by atoms with Crippen molar-refractivity contribution in [1.82, 2.24) is 4.90 Å². The SMILES string of the molecule is NC[C@H]1CCCN1Cc1cc(Br)c(F)cc1Br. The van der Waals surface area contributed by atoms with Gasteiger partial charge in [-0.1, -0.05) is 15.9 Å². The van der Waals surface area contributed by atoms with E-state index in [4.69, 9.17) is 5.73 Å². The molecule has 1 atom stereocenters. The zero-order valence-corrected chi connectivity index (χ0v) is 12.6. The number of benzene rings is 1. The predicted octanol–water partition coefficient (Wildman–Crippen LogP) is 3.27. The Morgan fingerprint density at radius 3 is 2.82 bits per heavy atom. The summed E-state index contributed by atoms with van der Waals surface area (Å²) in [5.74, 6) is -0.238. The molecule has 1 aliphatic heterocycles. The molecule has 2 rings (SSSR count). The maximum atomic E-state index is 13.3. The number of hydrogen-bond acceptors (Lipinski definition) is 2. The molecule has 1 aromatic rings. The van der Waals surface area contributed by atoms with E-state index in [9.17, 15) is 4.39 Å². The van der Waals surface area contributed by atoms with Crippen LogP contribution in [0.3, 0.4) is 0 Å². The average Bonchev–Trinajstić information content (AvgIpc) is 2.73. The van der Waals surface area contributed by atoms with Gasteiger partial charge < -0.3 is 5.73 Å². The summed E-state index contributed by atoms with van der Waals surface area (Å²) in [7, 11) is 0. The molecular weight excluding hydrogens is 351 g/mol. The quantitative estimate of drug-likeness (QED) is 0.833. The lowest BCUT2D eigenvalue weighted by Crippen LogP contribution is -2.34. The van der Waals surface area contributed by atoms with Crippen molar-refractivity contribution in [2.45, 2.75) is 25.4 Å². The molecule has 0 bridgehead atoms. The summed E-state index contributed by atoms with van der Waals surface area (Å²) in [6.45, 7) is 2.59. The summed E-state index contributed by atoms with van der Waals surface area (Å²) in [5.41, 5.74) is 6.84. The fraction of sp³-hybridized carbons (Fsp3) is 0.500. The highest BCUT2D eigenvalue weighted by Crippen LogP contribution is 2.28. The van der Waals surface area contributed by atoms with Crippen LogP contribution in [0.2, 0.25) is 0 Å². The zero-order valence-electron chi connectivity index (χ0n) is 9.43. The van der Waals surface area contributed by atoms with Crippen molar-refractivity contribution in [3.63, 3.8) is 0 Å². The van der Waals surface area contributed by atoms with Gasteiger partial charge in [0.15, 0.2) is 0 Å². The second kappa shape index (κ2) is 5.78. The first-order valence-corrected chi connectivity index (χ1v) is 7.28. The number of likely N-dealkylation sites (tertiary alicyclic amines) is 1. The van der Waals surface area contributed by atoms with Gasteiger partial charge in [-0.3, -0.25) is 4.90 Å². The number of nitrogens with zero attached hydrogens (tertiary/aromatic N) is 1. The zero-order chi connectivity index (χ0) is 12.4. The van der Waals surface area contributed by atoms with E-state index in [0.717, 1.165) is 29.5 Å². The molecule has 1 aliphatic rings. The van der Waals surface area contributed by atoms with E-state index >= 15 is 0 Å². The standard InChI is InChI=1S/C12H15Br2FN2/c13-10-5-12(15)11(14)4-8(10)7-17-3-1-2-9(17)6-16/h4-5,9H,1-3,6-7,16H2/t9-/m1/s1. The summed E-state index contributed by atoms with van der Waals surface area (Å²) in [4.78, 5) is 2.37. The minimum Gasteiger partial charge on any atom is -0.329 e. The van der Waals surface area contributed by atoms with E-state index in [1.54, 1.807) is 0 Å². The van der Waals surface area contributed by atoms with Crippen LogP contribution in [-0.2, 0) is 6.54 Å². The molecule has 1 aromatic carbocycles. The lowest BCUT2D eigenvalue weighted by molar-refractivity contribution is 0.249. The van der Waals surface area contributed by atoms with Crippen LogP contribution in [0.4, 0.5) is 4.39 Å². The van der Waals surface area contributed by atoms with E-state index in [0.29, 0.717) is 17.1 Å². The van der Waals surface area contributed by atoms with Gasteiger partial charge in [0.05, 0.1) is 4.47 Å². The Morgan fingerprint density at radius 2 is 2.12 bits per heavy atom. The third-order valence-corrected chi connectivity index (χ3v) is 4.58. The summed E-state index contributed by atoms with van der Waals surface area (Å²) in [5, 5.41) is 0. The van der Waals surface area contributed by atoms with Gasteiger partial charge in [0.1, 0.15) is 5.82 Å². The van der Waals surface area contributed by atoms with Crippen molar-refractivity contribution in [2.24, 2.45) is 5.73 Å². The number of halogens is 3. The second-order valence-electron chi connectivity index (χ2n) is 4.36. The Hall–Kier alpha value is 0.0300. The highest BCUT2D eigenvalue weighted by Gasteiger charge is 2.23. The van der Waals surface area contributed by atoms with Gasteiger partial charge in [-0.25, -0.2) is 4.39 Å². The van der Waals surface area contributed by atoms with Crippen LogP contribution in [0.25, 0.3) is 0 Å². The minimum atomic E-state index is -0.238. The molecule has 0 amide bonds. The molecule has 0 unspecified atom stereocenters. The van der Waals surface area contributed by atoms with Gasteiger partial charge in [-0.15, -0.1) is 0 Å². The van der Waals surface area contributed by atoms with Crippen LogP contribution < -0.4 is 5.73 Å². The fourth-order valence-electron chi connectivity index (χ4n) is 2.27. The van der Waals surface area contributed by atoms with Crippen LogP contribution in [0.1, 0.15) is 18.4 Å². The Kier molecular flexibility index (Phi) is 4.58. The topological polar surface area (TPSA) is 29.3 Å². The van der Waals surface area contributed by atoms with Crippen LogP contribution in [0.5, 0.6) is 0 Å². The Bertz CT molecular complexity index is 412. The minimum absolute atomic E-state index is 0.238. The van der Waals surface area contributed by atoms with Gasteiger partial charge in [0.2, 0.25) is 0 Å². The molecule has 2 N–H and O–H groups in total. The highest BCUT2D eigenvalue weighted by atomic mass is 79.9. The molecular formula is C12H15Br2FN2. The molecule has 0 radical (unpaired) electrons. The highest BCUT2D eigenvalue weighted by molar-refractivity contribution is 9.11. The van der Waals surface area contributed by atoms with Crippen LogP contribution >= 0.6 is 31.9 Å². The second-order valence-corrected chi connectivity index (χ2v) is 6.07. The fourth-order valence-corrected chi connectivity index (χ4v) is 3.11. The third kappa shape index (κ3) is 3.08. The predicted molar refractivity (Wildman–Crippen MR) is 74.3 cm³/mol. The molecule has 94 valence electrons. The first kappa shape index (κ1) is 13.5. The normalized spacial score (nSPS) is 21.1. The molecule has 0 spiro atoms. The smallest absolute Gasteiger partial charge is 0.138 e. The number of hydrogen-bond donors (Lipinski definition) is 1. The van der Waals surface area contributed by atoms with Gasteiger partial charge >= 0.3 is 0 Å². The monoisotopic (exact) mass is 364 g/mol.